The summed E-state index contributed by atoms with van der Waals surface area (Å²) >= 11 is 0. The molecule has 7 heteroatoms. The lowest BCUT2D eigenvalue weighted by molar-refractivity contribution is 0.266. The lowest BCUT2D eigenvalue weighted by Crippen LogP contribution is -2.32. The van der Waals surface area contributed by atoms with Gasteiger partial charge in [-0.3, -0.25) is 0 Å². The molecule has 1 saturated heterocycles. The predicted molar refractivity (Wildman–Crippen MR) is 92.0 cm³/mol. The highest BCUT2D eigenvalue weighted by Gasteiger charge is 2.25. The highest BCUT2D eigenvalue weighted by Crippen LogP contribution is 2.24. The molecule has 1 atom stereocenters. The average Bonchev–Trinajstić information content (AvgIpc) is 3.27. The molecule has 24 heavy (non-hydrogen) atoms. The van der Waals surface area contributed by atoms with Crippen LogP contribution in [-0.4, -0.2) is 43.9 Å². The largest absolute Gasteiger partial charge is 0.394 e. The second kappa shape index (κ2) is 6.45. The average molecular weight is 324 g/mol. The van der Waals surface area contributed by atoms with Crippen LogP contribution in [0.15, 0.2) is 43.0 Å². The molecule has 3 aromatic heterocycles. The summed E-state index contributed by atoms with van der Waals surface area (Å²) in [5.41, 5.74) is 2.20. The summed E-state index contributed by atoms with van der Waals surface area (Å²) in [5.74, 6) is 1.64. The van der Waals surface area contributed by atoms with Gasteiger partial charge in [0.15, 0.2) is 0 Å². The normalized spacial score (nSPS) is 17.5. The lowest BCUT2D eigenvalue weighted by atomic mass is 10.2. The number of nitrogens with zero attached hydrogens (tertiary/aromatic N) is 5. The van der Waals surface area contributed by atoms with Gasteiger partial charge in [0.1, 0.15) is 18.0 Å². The predicted octanol–water partition coefficient (Wildman–Crippen LogP) is 1.70. The van der Waals surface area contributed by atoms with E-state index in [9.17, 15) is 5.11 Å². The summed E-state index contributed by atoms with van der Waals surface area (Å²) in [6.45, 7) is 1.73. The first-order valence-electron chi connectivity index (χ1n) is 8.20. The van der Waals surface area contributed by atoms with Crippen molar-refractivity contribution in [3.8, 4) is 0 Å². The van der Waals surface area contributed by atoms with E-state index >= 15 is 0 Å². The van der Waals surface area contributed by atoms with Crippen molar-refractivity contribution in [2.45, 2.75) is 25.4 Å². The van der Waals surface area contributed by atoms with Gasteiger partial charge in [0.25, 0.3) is 0 Å². The number of nitrogens with one attached hydrogen (secondary N) is 1. The van der Waals surface area contributed by atoms with Gasteiger partial charge >= 0.3 is 0 Å². The molecular formula is C17H20N6O. The fraction of sp³-hybridized carbons (Fsp3) is 0.353. The highest BCUT2D eigenvalue weighted by molar-refractivity contribution is 5.56. The minimum atomic E-state index is 0.160. The first kappa shape index (κ1) is 14.9. The molecule has 1 aliphatic heterocycles. The third-order valence-corrected chi connectivity index (χ3v) is 4.50. The molecule has 4 rings (SSSR count). The van der Waals surface area contributed by atoms with Crippen LogP contribution in [0.4, 0.5) is 11.6 Å². The van der Waals surface area contributed by atoms with Crippen LogP contribution in [0.3, 0.4) is 0 Å². The fourth-order valence-corrected chi connectivity index (χ4v) is 3.24. The summed E-state index contributed by atoms with van der Waals surface area (Å²) in [5, 5.41) is 17.2. The molecule has 1 fully saturated rings. The van der Waals surface area contributed by atoms with E-state index in [2.05, 4.69) is 25.3 Å². The maximum Gasteiger partial charge on any atom is 0.134 e. The van der Waals surface area contributed by atoms with E-state index in [-0.39, 0.29) is 12.6 Å². The Kier molecular flexibility index (Phi) is 4.00. The molecule has 1 unspecified atom stereocenters. The van der Waals surface area contributed by atoms with Crippen molar-refractivity contribution in [1.29, 1.82) is 0 Å². The molecule has 1 aliphatic rings. The zero-order valence-electron chi connectivity index (χ0n) is 13.3. The van der Waals surface area contributed by atoms with Gasteiger partial charge in [-0.05, 0) is 25.0 Å². The molecule has 0 saturated carbocycles. The first-order valence-corrected chi connectivity index (χ1v) is 8.20. The van der Waals surface area contributed by atoms with Crippen LogP contribution in [-0.2, 0) is 6.54 Å². The smallest absolute Gasteiger partial charge is 0.134 e. The van der Waals surface area contributed by atoms with Crippen LogP contribution in [0.25, 0.3) is 5.52 Å². The van der Waals surface area contributed by atoms with E-state index in [1.807, 2.05) is 41.2 Å². The molecular weight excluding hydrogens is 304 g/mol. The number of hydrogen-bond acceptors (Lipinski definition) is 6. The third-order valence-electron chi connectivity index (χ3n) is 4.50. The molecule has 0 bridgehead atoms. The van der Waals surface area contributed by atoms with E-state index < -0.39 is 0 Å². The van der Waals surface area contributed by atoms with Gasteiger partial charge in [0.2, 0.25) is 0 Å². The lowest BCUT2D eigenvalue weighted by Gasteiger charge is -2.24. The molecule has 7 nitrogen and oxygen atoms in total. The van der Waals surface area contributed by atoms with Crippen molar-refractivity contribution in [3.05, 3.63) is 48.5 Å². The molecule has 4 heterocycles. The van der Waals surface area contributed by atoms with Crippen molar-refractivity contribution in [2.75, 3.05) is 23.4 Å². The maximum absolute atomic E-state index is 9.49. The zero-order valence-corrected chi connectivity index (χ0v) is 13.3. The van der Waals surface area contributed by atoms with E-state index in [4.69, 9.17) is 0 Å². The van der Waals surface area contributed by atoms with Crippen LogP contribution in [0.1, 0.15) is 18.4 Å². The summed E-state index contributed by atoms with van der Waals surface area (Å²) in [6.07, 6.45) is 7.46. The summed E-state index contributed by atoms with van der Waals surface area (Å²) in [7, 11) is 0. The number of pyridine rings is 1. The van der Waals surface area contributed by atoms with Gasteiger partial charge in [0.05, 0.1) is 24.4 Å². The Labute approximate surface area is 140 Å². The topological polar surface area (TPSA) is 78.6 Å². The summed E-state index contributed by atoms with van der Waals surface area (Å²) in [4.78, 5) is 10.8. The monoisotopic (exact) mass is 324 g/mol. The Bertz CT molecular complexity index is 833. The van der Waals surface area contributed by atoms with Gasteiger partial charge in [-0.1, -0.05) is 6.07 Å². The molecule has 0 radical (unpaired) electrons. The minimum absolute atomic E-state index is 0.160. The van der Waals surface area contributed by atoms with Crippen LogP contribution in [0.2, 0.25) is 0 Å². The van der Waals surface area contributed by atoms with E-state index in [0.29, 0.717) is 6.54 Å². The number of fused-ring (bicyclic) bond motifs is 1. The summed E-state index contributed by atoms with van der Waals surface area (Å²) in [6, 6.07) is 8.12. The van der Waals surface area contributed by atoms with E-state index in [0.717, 1.165) is 42.1 Å². The molecule has 0 amide bonds. The number of aliphatic hydroxyl groups excluding tert-OH is 1. The fourth-order valence-electron chi connectivity index (χ4n) is 3.24. The van der Waals surface area contributed by atoms with Crippen LogP contribution in [0.5, 0.6) is 0 Å². The molecule has 124 valence electrons. The van der Waals surface area contributed by atoms with Gasteiger partial charge in [-0.15, -0.1) is 0 Å². The van der Waals surface area contributed by atoms with Crippen molar-refractivity contribution < 1.29 is 5.11 Å². The number of hydrogen-bond donors (Lipinski definition) is 2. The van der Waals surface area contributed by atoms with Gasteiger partial charge < -0.3 is 15.3 Å². The van der Waals surface area contributed by atoms with Crippen molar-refractivity contribution in [3.63, 3.8) is 0 Å². The zero-order chi connectivity index (χ0) is 16.4. The number of anilines is 2. The Hall–Kier alpha value is -2.67. The van der Waals surface area contributed by atoms with Gasteiger partial charge in [0, 0.05) is 30.9 Å². The Morgan fingerprint density at radius 3 is 3.17 bits per heavy atom. The van der Waals surface area contributed by atoms with Crippen molar-refractivity contribution in [1.82, 2.24) is 19.6 Å². The quantitative estimate of drug-likeness (QED) is 0.744. The Morgan fingerprint density at radius 1 is 1.29 bits per heavy atom. The maximum atomic E-state index is 9.49. The van der Waals surface area contributed by atoms with Crippen LogP contribution in [0, 0.1) is 0 Å². The second-order valence-electron chi connectivity index (χ2n) is 5.99. The van der Waals surface area contributed by atoms with Gasteiger partial charge in [-0.2, -0.15) is 5.10 Å². The third kappa shape index (κ3) is 2.78. The number of rotatable bonds is 5. The summed E-state index contributed by atoms with van der Waals surface area (Å²) < 4.78 is 1.86. The minimum Gasteiger partial charge on any atom is -0.394 e. The second-order valence-corrected chi connectivity index (χ2v) is 5.99. The van der Waals surface area contributed by atoms with E-state index in [1.165, 1.54) is 0 Å². The SMILES string of the molecule is OCC1CCCN1c1cc(NCc2cnn3ccccc23)ncn1. The highest BCUT2D eigenvalue weighted by atomic mass is 16.3. The molecule has 0 aromatic carbocycles. The standard InChI is InChI=1S/C17H20N6O/c24-11-14-4-3-6-22(14)17-8-16(19-12-20-17)18-9-13-10-21-23-7-2-1-5-15(13)23/h1-2,5,7-8,10,12,14,24H,3-4,6,9,11H2,(H,18,19,20). The number of aromatic nitrogens is 4. The Morgan fingerprint density at radius 2 is 2.25 bits per heavy atom. The first-order chi connectivity index (χ1) is 11.8. The van der Waals surface area contributed by atoms with Crippen molar-refractivity contribution >= 4 is 17.2 Å². The molecule has 3 aromatic rings. The Balaban J connectivity index is 1.50. The van der Waals surface area contributed by atoms with Crippen molar-refractivity contribution in [2.24, 2.45) is 0 Å². The van der Waals surface area contributed by atoms with Crippen LogP contribution < -0.4 is 10.2 Å². The van der Waals surface area contributed by atoms with E-state index in [1.54, 1.807) is 6.33 Å². The molecule has 0 spiro atoms. The molecule has 2 N–H and O–H groups in total. The molecule has 0 aliphatic carbocycles. The van der Waals surface area contributed by atoms with Crippen LogP contribution >= 0.6 is 0 Å². The number of aliphatic hydroxyl groups is 1. The van der Waals surface area contributed by atoms with Gasteiger partial charge in [-0.25, -0.2) is 14.5 Å².